The van der Waals surface area contributed by atoms with Gasteiger partial charge in [0.2, 0.25) is 0 Å². The van der Waals surface area contributed by atoms with E-state index in [1.165, 1.54) is 25.9 Å². The largest absolute Gasteiger partial charge is 0.329 e. The van der Waals surface area contributed by atoms with Crippen LogP contribution in [-0.2, 0) is 0 Å². The number of nitrogens with one attached hydrogen (secondary N) is 1. The molecule has 1 atom stereocenters. The molecule has 0 amide bonds. The van der Waals surface area contributed by atoms with Gasteiger partial charge < -0.3 is 16.0 Å². The van der Waals surface area contributed by atoms with Gasteiger partial charge in [0, 0.05) is 19.1 Å². The first-order chi connectivity index (χ1) is 6.24. The van der Waals surface area contributed by atoms with E-state index in [1.807, 2.05) is 0 Å². The van der Waals surface area contributed by atoms with E-state index < -0.39 is 0 Å². The molecule has 3 heteroatoms. The van der Waals surface area contributed by atoms with Crippen LogP contribution in [-0.4, -0.2) is 44.2 Å². The van der Waals surface area contributed by atoms with Crippen molar-refractivity contribution >= 4 is 0 Å². The monoisotopic (exact) mass is 185 g/mol. The van der Waals surface area contributed by atoms with Crippen LogP contribution in [0.2, 0.25) is 0 Å². The number of rotatable bonds is 4. The molecule has 1 fully saturated rings. The molecule has 1 heterocycles. The molecular weight excluding hydrogens is 162 g/mol. The Kier molecular flexibility index (Phi) is 4.70. The normalized spacial score (nSPS) is 23.3. The zero-order chi connectivity index (χ0) is 9.68. The average Bonchev–Trinajstić information content (AvgIpc) is 2.15. The van der Waals surface area contributed by atoms with E-state index in [4.69, 9.17) is 5.73 Å². The van der Waals surface area contributed by atoms with Gasteiger partial charge in [-0.15, -0.1) is 0 Å². The molecule has 3 N–H and O–H groups in total. The third-order valence-corrected chi connectivity index (χ3v) is 3.08. The van der Waals surface area contributed by atoms with Gasteiger partial charge in [-0.3, -0.25) is 0 Å². The second-order valence-corrected chi connectivity index (χ2v) is 4.17. The van der Waals surface area contributed by atoms with Crippen molar-refractivity contribution in [2.75, 3.05) is 33.2 Å². The lowest BCUT2D eigenvalue weighted by atomic mass is 9.90. The minimum atomic E-state index is 0.636. The van der Waals surface area contributed by atoms with Crippen molar-refractivity contribution in [3.63, 3.8) is 0 Å². The molecule has 1 aliphatic heterocycles. The van der Waals surface area contributed by atoms with Gasteiger partial charge in [0.25, 0.3) is 0 Å². The molecule has 3 nitrogen and oxygen atoms in total. The number of nitrogens with zero attached hydrogens (tertiary/aromatic N) is 1. The number of nitrogens with two attached hydrogens (primary N) is 1. The molecule has 78 valence electrons. The number of hydrogen-bond acceptors (Lipinski definition) is 3. The average molecular weight is 185 g/mol. The fourth-order valence-electron chi connectivity index (χ4n) is 2.01. The fourth-order valence-corrected chi connectivity index (χ4v) is 2.01. The van der Waals surface area contributed by atoms with Crippen molar-refractivity contribution < 1.29 is 0 Å². The molecule has 13 heavy (non-hydrogen) atoms. The first kappa shape index (κ1) is 11.0. The minimum Gasteiger partial charge on any atom is -0.329 e. The standard InChI is InChI=1S/C10H23N3/c1-9(12-6-5-11)10-3-7-13(2)8-4-10/h9-10,12H,3-8,11H2,1-2H3. The van der Waals surface area contributed by atoms with E-state index in [1.54, 1.807) is 0 Å². The van der Waals surface area contributed by atoms with E-state index in [9.17, 15) is 0 Å². The van der Waals surface area contributed by atoms with Gasteiger partial charge in [-0.05, 0) is 45.8 Å². The van der Waals surface area contributed by atoms with E-state index in [0.717, 1.165) is 19.0 Å². The van der Waals surface area contributed by atoms with Crippen LogP contribution >= 0.6 is 0 Å². The summed E-state index contributed by atoms with van der Waals surface area (Å²) in [4.78, 5) is 2.41. The van der Waals surface area contributed by atoms with E-state index >= 15 is 0 Å². The first-order valence-corrected chi connectivity index (χ1v) is 5.36. The summed E-state index contributed by atoms with van der Waals surface area (Å²) >= 11 is 0. The highest BCUT2D eigenvalue weighted by Gasteiger charge is 2.21. The van der Waals surface area contributed by atoms with Gasteiger partial charge in [-0.2, -0.15) is 0 Å². The maximum atomic E-state index is 5.46. The minimum absolute atomic E-state index is 0.636. The van der Waals surface area contributed by atoms with Crippen molar-refractivity contribution in [1.29, 1.82) is 0 Å². The highest BCUT2D eigenvalue weighted by molar-refractivity contribution is 4.78. The zero-order valence-corrected chi connectivity index (χ0v) is 8.92. The van der Waals surface area contributed by atoms with Crippen molar-refractivity contribution in [3.05, 3.63) is 0 Å². The molecule has 0 aromatic carbocycles. The van der Waals surface area contributed by atoms with Gasteiger partial charge in [-0.25, -0.2) is 0 Å². The number of hydrogen-bond donors (Lipinski definition) is 2. The lowest BCUT2D eigenvalue weighted by Gasteiger charge is -2.33. The third kappa shape index (κ3) is 3.63. The Hall–Kier alpha value is -0.120. The van der Waals surface area contributed by atoms with Crippen molar-refractivity contribution in [3.8, 4) is 0 Å². The van der Waals surface area contributed by atoms with Crippen LogP contribution in [0.1, 0.15) is 19.8 Å². The summed E-state index contributed by atoms with van der Waals surface area (Å²) in [5, 5.41) is 3.47. The predicted octanol–water partition coefficient (Wildman–Crippen LogP) is 0.265. The predicted molar refractivity (Wildman–Crippen MR) is 56.7 cm³/mol. The van der Waals surface area contributed by atoms with Gasteiger partial charge in [0.15, 0.2) is 0 Å². The van der Waals surface area contributed by atoms with Gasteiger partial charge in [0.05, 0.1) is 0 Å². The van der Waals surface area contributed by atoms with Crippen LogP contribution in [0.25, 0.3) is 0 Å². The SMILES string of the molecule is CC(NCCN)C1CCN(C)CC1. The van der Waals surface area contributed by atoms with E-state index in [2.05, 4.69) is 24.2 Å². The first-order valence-electron chi connectivity index (χ1n) is 5.36. The summed E-state index contributed by atoms with van der Waals surface area (Å²) in [5.74, 6) is 0.850. The maximum Gasteiger partial charge on any atom is 0.00770 e. The summed E-state index contributed by atoms with van der Waals surface area (Å²) in [6.45, 7) is 6.48. The Morgan fingerprint density at radius 3 is 2.62 bits per heavy atom. The van der Waals surface area contributed by atoms with Gasteiger partial charge >= 0.3 is 0 Å². The van der Waals surface area contributed by atoms with Crippen LogP contribution in [0.5, 0.6) is 0 Å². The highest BCUT2D eigenvalue weighted by atomic mass is 15.1. The molecule has 0 radical (unpaired) electrons. The van der Waals surface area contributed by atoms with Crippen molar-refractivity contribution in [2.45, 2.75) is 25.8 Å². The second kappa shape index (κ2) is 5.58. The van der Waals surface area contributed by atoms with E-state index in [-0.39, 0.29) is 0 Å². The Labute approximate surface area is 81.7 Å². The number of likely N-dealkylation sites (tertiary alicyclic amines) is 1. The fraction of sp³-hybridized carbons (Fsp3) is 1.00. The van der Waals surface area contributed by atoms with Gasteiger partial charge in [0.1, 0.15) is 0 Å². The lowest BCUT2D eigenvalue weighted by molar-refractivity contribution is 0.190. The highest BCUT2D eigenvalue weighted by Crippen LogP contribution is 2.19. The second-order valence-electron chi connectivity index (χ2n) is 4.17. The zero-order valence-electron chi connectivity index (χ0n) is 8.92. The Balaban J connectivity index is 2.19. The smallest absolute Gasteiger partial charge is 0.00770 e. The maximum absolute atomic E-state index is 5.46. The molecule has 0 spiro atoms. The number of piperidine rings is 1. The molecular formula is C10H23N3. The molecule has 1 aliphatic rings. The van der Waals surface area contributed by atoms with Crippen molar-refractivity contribution in [2.24, 2.45) is 11.7 Å². The molecule has 0 aromatic heterocycles. The molecule has 0 aliphatic carbocycles. The molecule has 1 rings (SSSR count). The van der Waals surface area contributed by atoms with Crippen LogP contribution in [0.15, 0.2) is 0 Å². The van der Waals surface area contributed by atoms with E-state index in [0.29, 0.717) is 6.04 Å². The van der Waals surface area contributed by atoms with Crippen LogP contribution < -0.4 is 11.1 Å². The summed E-state index contributed by atoms with van der Waals surface area (Å²) in [7, 11) is 2.20. The Bertz CT molecular complexity index is 130. The van der Waals surface area contributed by atoms with Crippen LogP contribution in [0.3, 0.4) is 0 Å². The summed E-state index contributed by atoms with van der Waals surface area (Å²) in [5.41, 5.74) is 5.46. The van der Waals surface area contributed by atoms with Gasteiger partial charge in [-0.1, -0.05) is 0 Å². The lowest BCUT2D eigenvalue weighted by Crippen LogP contribution is -2.42. The molecule has 1 saturated heterocycles. The summed E-state index contributed by atoms with van der Waals surface area (Å²) in [6, 6.07) is 0.636. The topological polar surface area (TPSA) is 41.3 Å². The Morgan fingerprint density at radius 1 is 1.46 bits per heavy atom. The quantitative estimate of drug-likeness (QED) is 0.660. The summed E-state index contributed by atoms with van der Waals surface area (Å²) < 4.78 is 0. The molecule has 1 unspecified atom stereocenters. The van der Waals surface area contributed by atoms with Crippen LogP contribution in [0.4, 0.5) is 0 Å². The molecule has 0 aromatic rings. The molecule has 0 saturated carbocycles. The Morgan fingerprint density at radius 2 is 2.08 bits per heavy atom. The van der Waals surface area contributed by atoms with Crippen molar-refractivity contribution in [1.82, 2.24) is 10.2 Å². The summed E-state index contributed by atoms with van der Waals surface area (Å²) in [6.07, 6.45) is 2.66. The molecule has 0 bridgehead atoms. The van der Waals surface area contributed by atoms with Crippen LogP contribution in [0, 0.1) is 5.92 Å². The third-order valence-electron chi connectivity index (χ3n) is 3.08.